The molecule has 0 spiro atoms. The molecule has 2 heterocycles. The average Bonchev–Trinajstić information content (AvgIpc) is 2.93. The van der Waals surface area contributed by atoms with Gasteiger partial charge in [-0.25, -0.2) is 0 Å². The van der Waals surface area contributed by atoms with Gasteiger partial charge in [-0.2, -0.15) is 5.10 Å². The smallest absolute Gasteiger partial charge is 0.271 e. The first kappa shape index (κ1) is 14.5. The van der Waals surface area contributed by atoms with Crippen molar-refractivity contribution in [1.82, 2.24) is 20.6 Å². The maximum absolute atomic E-state index is 11.7. The normalized spacial score (nSPS) is 10.3. The molecule has 20 heavy (non-hydrogen) atoms. The predicted octanol–water partition coefficient (Wildman–Crippen LogP) is 1.68. The summed E-state index contributed by atoms with van der Waals surface area (Å²) in [6, 6.07) is 5.09. The number of thiophene rings is 1. The Hall–Kier alpha value is -1.86. The molecule has 6 nitrogen and oxygen atoms in total. The summed E-state index contributed by atoms with van der Waals surface area (Å²) in [5.41, 5.74) is 6.39. The quantitative estimate of drug-likeness (QED) is 0.847. The molecule has 8 heteroatoms. The number of nitrogens with zero attached hydrogens (tertiary/aromatic N) is 2. The van der Waals surface area contributed by atoms with Gasteiger partial charge in [0.25, 0.3) is 11.8 Å². The monoisotopic (exact) mass is 312 g/mol. The first-order chi connectivity index (χ1) is 9.45. The van der Waals surface area contributed by atoms with Crippen molar-refractivity contribution in [2.24, 2.45) is 0 Å². The SMILES string of the molecule is Cc1cc(C)n(CC(=O)NNC(=O)c2ccc(Cl)s2)n1. The number of nitrogens with one attached hydrogen (secondary N) is 2. The van der Waals surface area contributed by atoms with Crippen molar-refractivity contribution >= 4 is 34.8 Å². The fraction of sp³-hybridized carbons (Fsp3) is 0.250. The molecule has 0 aromatic carbocycles. The van der Waals surface area contributed by atoms with Crippen molar-refractivity contribution < 1.29 is 9.59 Å². The van der Waals surface area contributed by atoms with E-state index in [1.165, 1.54) is 0 Å². The first-order valence-corrected chi connectivity index (χ1v) is 7.00. The van der Waals surface area contributed by atoms with Crippen LogP contribution in [-0.4, -0.2) is 21.6 Å². The number of carbonyl (C=O) groups excluding carboxylic acids is 2. The van der Waals surface area contributed by atoms with Crippen LogP contribution in [0.1, 0.15) is 21.1 Å². The molecule has 0 saturated carbocycles. The number of amides is 2. The van der Waals surface area contributed by atoms with Crippen molar-refractivity contribution in [3.63, 3.8) is 0 Å². The lowest BCUT2D eigenvalue weighted by atomic mass is 10.4. The molecular formula is C12H13ClN4O2S. The van der Waals surface area contributed by atoms with Gasteiger partial charge in [-0.15, -0.1) is 11.3 Å². The van der Waals surface area contributed by atoms with Crippen LogP contribution < -0.4 is 10.9 Å². The van der Waals surface area contributed by atoms with Crippen LogP contribution in [0.3, 0.4) is 0 Å². The van der Waals surface area contributed by atoms with Crippen LogP contribution in [0.25, 0.3) is 0 Å². The molecule has 2 rings (SSSR count). The molecule has 106 valence electrons. The van der Waals surface area contributed by atoms with Gasteiger partial charge in [0.2, 0.25) is 0 Å². The molecule has 2 aromatic rings. The summed E-state index contributed by atoms with van der Waals surface area (Å²) >= 11 is 6.88. The third kappa shape index (κ3) is 3.58. The Labute approximate surface area is 124 Å². The Bertz CT molecular complexity index is 650. The van der Waals surface area contributed by atoms with E-state index in [0.29, 0.717) is 9.21 Å². The fourth-order valence-corrected chi connectivity index (χ4v) is 2.57. The number of halogens is 1. The molecule has 0 aliphatic carbocycles. The van der Waals surface area contributed by atoms with E-state index in [9.17, 15) is 9.59 Å². The van der Waals surface area contributed by atoms with Crippen molar-refractivity contribution in [2.75, 3.05) is 0 Å². The van der Waals surface area contributed by atoms with Gasteiger partial charge in [0.1, 0.15) is 6.54 Å². The van der Waals surface area contributed by atoms with Crippen molar-refractivity contribution in [3.8, 4) is 0 Å². The number of rotatable bonds is 3. The Morgan fingerprint density at radius 3 is 2.65 bits per heavy atom. The van der Waals surface area contributed by atoms with E-state index in [1.54, 1.807) is 16.8 Å². The zero-order valence-electron chi connectivity index (χ0n) is 10.9. The van der Waals surface area contributed by atoms with Gasteiger partial charge < -0.3 is 0 Å². The van der Waals surface area contributed by atoms with Gasteiger partial charge in [-0.1, -0.05) is 11.6 Å². The number of hydrogen-bond donors (Lipinski definition) is 2. The summed E-state index contributed by atoms with van der Waals surface area (Å²) in [6.45, 7) is 3.76. The number of carbonyl (C=O) groups is 2. The van der Waals surface area contributed by atoms with Gasteiger partial charge in [0.05, 0.1) is 14.9 Å². The number of hydrazine groups is 1. The summed E-state index contributed by atoms with van der Waals surface area (Å²) in [7, 11) is 0. The average molecular weight is 313 g/mol. The number of hydrogen-bond acceptors (Lipinski definition) is 4. The molecule has 2 N–H and O–H groups in total. The minimum atomic E-state index is -0.399. The molecule has 0 saturated heterocycles. The van der Waals surface area contributed by atoms with E-state index in [0.717, 1.165) is 22.7 Å². The zero-order valence-corrected chi connectivity index (χ0v) is 12.5. The van der Waals surface area contributed by atoms with Crippen LogP contribution in [0.15, 0.2) is 18.2 Å². The summed E-state index contributed by atoms with van der Waals surface area (Å²) < 4.78 is 2.09. The molecule has 2 aromatic heterocycles. The molecule has 0 fully saturated rings. The van der Waals surface area contributed by atoms with Gasteiger partial charge in [-0.05, 0) is 32.0 Å². The largest absolute Gasteiger partial charge is 0.279 e. The van der Waals surface area contributed by atoms with Crippen LogP contribution in [0, 0.1) is 13.8 Å². The predicted molar refractivity (Wildman–Crippen MR) is 76.6 cm³/mol. The van der Waals surface area contributed by atoms with Crippen molar-refractivity contribution in [3.05, 3.63) is 38.8 Å². The van der Waals surface area contributed by atoms with Gasteiger partial charge in [-0.3, -0.25) is 25.1 Å². The molecule has 0 radical (unpaired) electrons. The van der Waals surface area contributed by atoms with E-state index >= 15 is 0 Å². The van der Waals surface area contributed by atoms with Gasteiger partial charge >= 0.3 is 0 Å². The van der Waals surface area contributed by atoms with Crippen LogP contribution in [0.2, 0.25) is 4.34 Å². The highest BCUT2D eigenvalue weighted by atomic mass is 35.5. The summed E-state index contributed by atoms with van der Waals surface area (Å²) in [5.74, 6) is -0.754. The van der Waals surface area contributed by atoms with E-state index in [4.69, 9.17) is 11.6 Å². The van der Waals surface area contributed by atoms with Crippen LogP contribution in [0.4, 0.5) is 0 Å². The Morgan fingerprint density at radius 2 is 2.10 bits per heavy atom. The summed E-state index contributed by atoms with van der Waals surface area (Å²) in [5, 5.41) is 4.17. The topological polar surface area (TPSA) is 76.0 Å². The second-order valence-corrected chi connectivity index (χ2v) is 5.91. The minimum absolute atomic E-state index is 0.0468. The Morgan fingerprint density at radius 1 is 1.35 bits per heavy atom. The molecular weight excluding hydrogens is 300 g/mol. The maximum atomic E-state index is 11.7. The second kappa shape index (κ2) is 6.06. The fourth-order valence-electron chi connectivity index (χ4n) is 1.63. The highest BCUT2D eigenvalue weighted by Crippen LogP contribution is 2.20. The number of aromatic nitrogens is 2. The molecule has 0 aliphatic heterocycles. The van der Waals surface area contributed by atoms with Crippen molar-refractivity contribution in [1.29, 1.82) is 0 Å². The summed E-state index contributed by atoms with van der Waals surface area (Å²) in [4.78, 5) is 23.8. The Balaban J connectivity index is 1.86. The molecule has 0 bridgehead atoms. The second-order valence-electron chi connectivity index (χ2n) is 4.19. The molecule has 0 unspecified atom stereocenters. The molecule has 0 aliphatic rings. The lowest BCUT2D eigenvalue weighted by Gasteiger charge is -2.07. The number of aryl methyl sites for hydroxylation is 2. The standard InChI is InChI=1S/C12H13ClN4O2S/c1-7-5-8(2)17(16-7)6-11(18)14-15-12(19)9-3-4-10(13)20-9/h3-5H,6H2,1-2H3,(H,14,18)(H,15,19). The maximum Gasteiger partial charge on any atom is 0.279 e. The van der Waals surface area contributed by atoms with Crippen LogP contribution in [0.5, 0.6) is 0 Å². The van der Waals surface area contributed by atoms with E-state index < -0.39 is 5.91 Å². The summed E-state index contributed by atoms with van der Waals surface area (Å²) in [6.07, 6.45) is 0. The van der Waals surface area contributed by atoms with Gasteiger partial charge in [0, 0.05) is 5.69 Å². The van der Waals surface area contributed by atoms with Crippen LogP contribution in [-0.2, 0) is 11.3 Å². The van der Waals surface area contributed by atoms with E-state index in [1.807, 2.05) is 19.9 Å². The van der Waals surface area contributed by atoms with E-state index in [-0.39, 0.29) is 12.5 Å². The highest BCUT2D eigenvalue weighted by Gasteiger charge is 2.11. The molecule has 2 amide bonds. The molecule has 0 atom stereocenters. The minimum Gasteiger partial charge on any atom is -0.271 e. The van der Waals surface area contributed by atoms with Crippen LogP contribution >= 0.6 is 22.9 Å². The van der Waals surface area contributed by atoms with E-state index in [2.05, 4.69) is 16.0 Å². The zero-order chi connectivity index (χ0) is 14.7. The van der Waals surface area contributed by atoms with Gasteiger partial charge in [0.15, 0.2) is 0 Å². The lowest BCUT2D eigenvalue weighted by molar-refractivity contribution is -0.122. The van der Waals surface area contributed by atoms with Crippen molar-refractivity contribution in [2.45, 2.75) is 20.4 Å². The third-order valence-corrected chi connectivity index (χ3v) is 3.74. The highest BCUT2D eigenvalue weighted by molar-refractivity contribution is 7.17. The first-order valence-electron chi connectivity index (χ1n) is 5.81. The lowest BCUT2D eigenvalue weighted by Crippen LogP contribution is -2.43. The Kier molecular flexibility index (Phi) is 4.41. The third-order valence-electron chi connectivity index (χ3n) is 2.51.